The van der Waals surface area contributed by atoms with E-state index in [-0.39, 0.29) is 18.8 Å². The van der Waals surface area contributed by atoms with Crippen LogP contribution in [-0.4, -0.2) is 46.7 Å². The van der Waals surface area contributed by atoms with Gasteiger partial charge in [0, 0.05) is 0 Å². The topological polar surface area (TPSA) is 116 Å². The molecule has 24 heavy (non-hydrogen) atoms. The second kappa shape index (κ2) is 9.67. The average molecular weight is 337 g/mol. The third-order valence-corrected chi connectivity index (χ3v) is 3.33. The number of hydrogen-bond donors (Lipinski definition) is 4. The Hall–Kier alpha value is -2.41. The van der Waals surface area contributed by atoms with Crippen LogP contribution in [0.3, 0.4) is 0 Å². The van der Waals surface area contributed by atoms with Gasteiger partial charge in [-0.1, -0.05) is 44.2 Å². The van der Waals surface area contributed by atoms with Crippen molar-refractivity contribution in [3.63, 3.8) is 0 Å². The molecule has 7 heteroatoms. The van der Waals surface area contributed by atoms with Crippen LogP contribution in [0.1, 0.15) is 27.2 Å². The Balaban J connectivity index is 2.90. The van der Waals surface area contributed by atoms with E-state index in [1.165, 1.54) is 0 Å². The number of nitrogens with one attached hydrogen (secondary N) is 2. The molecule has 0 fully saturated rings. The predicted octanol–water partition coefficient (Wildman–Crippen LogP) is 0.887. The van der Waals surface area contributed by atoms with Crippen LogP contribution in [0.25, 0.3) is 0 Å². The summed E-state index contributed by atoms with van der Waals surface area (Å²) in [4.78, 5) is 34.7. The molecule has 132 valence electrons. The van der Waals surface area contributed by atoms with Crippen LogP contribution in [0.2, 0.25) is 0 Å². The Morgan fingerprint density at radius 2 is 1.75 bits per heavy atom. The molecular weight excluding hydrogens is 312 g/mol. The van der Waals surface area contributed by atoms with Crippen LogP contribution >= 0.6 is 0 Å². The number of carboxylic acids is 2. The normalized spacial score (nSPS) is 15.2. The SMILES string of the molecule is [2H]C(N[C@@H](Cc1ccccc1)C(=O)N[C@@H](CC(C)C)C(=O)O)C(=O)O. The summed E-state index contributed by atoms with van der Waals surface area (Å²) >= 11 is 0. The molecule has 1 rings (SSSR count). The number of amides is 1. The first-order valence-corrected chi connectivity index (χ1v) is 7.69. The molecule has 0 bridgehead atoms. The lowest BCUT2D eigenvalue weighted by molar-refractivity contribution is -0.143. The van der Waals surface area contributed by atoms with Gasteiger partial charge in [-0.25, -0.2) is 4.79 Å². The van der Waals surface area contributed by atoms with Gasteiger partial charge in [-0.2, -0.15) is 0 Å². The fourth-order valence-corrected chi connectivity index (χ4v) is 2.21. The highest BCUT2D eigenvalue weighted by molar-refractivity contribution is 5.87. The van der Waals surface area contributed by atoms with Crippen LogP contribution in [0, 0.1) is 5.92 Å². The van der Waals surface area contributed by atoms with Crippen molar-refractivity contribution in [1.82, 2.24) is 10.6 Å². The van der Waals surface area contributed by atoms with Gasteiger partial charge in [0.25, 0.3) is 0 Å². The van der Waals surface area contributed by atoms with Gasteiger partial charge in [0.2, 0.25) is 5.91 Å². The number of aliphatic carboxylic acids is 2. The highest BCUT2D eigenvalue weighted by Gasteiger charge is 2.26. The summed E-state index contributed by atoms with van der Waals surface area (Å²) in [6.45, 7) is 1.99. The van der Waals surface area contributed by atoms with E-state index < -0.39 is 36.5 Å². The van der Waals surface area contributed by atoms with Crippen molar-refractivity contribution in [2.45, 2.75) is 38.8 Å². The molecule has 0 aliphatic heterocycles. The molecule has 0 saturated carbocycles. The van der Waals surface area contributed by atoms with Crippen LogP contribution in [0.5, 0.6) is 0 Å². The van der Waals surface area contributed by atoms with E-state index in [9.17, 15) is 19.5 Å². The number of carbonyl (C=O) groups is 3. The molecule has 1 amide bonds. The second-order valence-electron chi connectivity index (χ2n) is 5.92. The van der Waals surface area contributed by atoms with Crippen molar-refractivity contribution in [1.29, 1.82) is 0 Å². The monoisotopic (exact) mass is 337 g/mol. The molecule has 0 spiro atoms. The Labute approximate surface area is 142 Å². The zero-order chi connectivity index (χ0) is 19.0. The highest BCUT2D eigenvalue weighted by atomic mass is 16.4. The zero-order valence-electron chi connectivity index (χ0n) is 14.7. The first kappa shape index (κ1) is 17.9. The van der Waals surface area contributed by atoms with E-state index in [4.69, 9.17) is 6.48 Å². The smallest absolute Gasteiger partial charge is 0.326 e. The van der Waals surface area contributed by atoms with Gasteiger partial charge in [-0.15, -0.1) is 0 Å². The Kier molecular flexibility index (Phi) is 7.22. The molecule has 0 heterocycles. The van der Waals surface area contributed by atoms with E-state index in [0.29, 0.717) is 0 Å². The summed E-state index contributed by atoms with van der Waals surface area (Å²) in [5.41, 5.74) is 0.767. The summed E-state index contributed by atoms with van der Waals surface area (Å²) in [7, 11) is 0. The van der Waals surface area contributed by atoms with E-state index in [0.717, 1.165) is 5.56 Å². The van der Waals surface area contributed by atoms with Gasteiger partial charge in [-0.3, -0.25) is 14.9 Å². The highest BCUT2D eigenvalue weighted by Crippen LogP contribution is 2.07. The maximum absolute atomic E-state index is 12.5. The number of rotatable bonds is 10. The second-order valence-corrected chi connectivity index (χ2v) is 5.92. The fourth-order valence-electron chi connectivity index (χ4n) is 2.21. The van der Waals surface area contributed by atoms with Crippen LogP contribution < -0.4 is 10.6 Å². The van der Waals surface area contributed by atoms with Crippen LogP contribution in [0.4, 0.5) is 0 Å². The molecule has 7 nitrogen and oxygen atoms in total. The molecule has 0 saturated heterocycles. The molecule has 1 aromatic rings. The predicted molar refractivity (Wildman–Crippen MR) is 88.6 cm³/mol. The molecule has 4 N–H and O–H groups in total. The third-order valence-electron chi connectivity index (χ3n) is 3.33. The van der Waals surface area contributed by atoms with E-state index >= 15 is 0 Å². The van der Waals surface area contributed by atoms with Crippen molar-refractivity contribution < 1.29 is 26.0 Å². The number of benzene rings is 1. The summed E-state index contributed by atoms with van der Waals surface area (Å²) in [6.07, 6.45) is 0.395. The fraction of sp³-hybridized carbons (Fsp3) is 0.471. The Bertz CT molecular complexity index is 594. The van der Waals surface area contributed by atoms with Gasteiger partial charge in [0.15, 0.2) is 0 Å². The van der Waals surface area contributed by atoms with Crippen LogP contribution in [-0.2, 0) is 20.8 Å². The van der Waals surface area contributed by atoms with Gasteiger partial charge >= 0.3 is 11.9 Å². The lowest BCUT2D eigenvalue weighted by Gasteiger charge is -2.22. The summed E-state index contributed by atoms with van der Waals surface area (Å²) in [5.74, 6) is -3.15. The number of carboxylic acid groups (broad SMARTS) is 2. The first-order valence-electron chi connectivity index (χ1n) is 8.26. The van der Waals surface area contributed by atoms with Crippen molar-refractivity contribution >= 4 is 17.8 Å². The first-order chi connectivity index (χ1) is 11.7. The summed E-state index contributed by atoms with van der Waals surface area (Å²) in [5, 5.41) is 23.0. The molecule has 1 aromatic carbocycles. The van der Waals surface area contributed by atoms with Gasteiger partial charge in [-0.05, 0) is 24.3 Å². The lowest BCUT2D eigenvalue weighted by Crippen LogP contribution is -2.52. The molecule has 0 radical (unpaired) electrons. The number of carbonyl (C=O) groups excluding carboxylic acids is 1. The van der Waals surface area contributed by atoms with E-state index in [2.05, 4.69) is 10.6 Å². The maximum Gasteiger partial charge on any atom is 0.326 e. The van der Waals surface area contributed by atoms with Gasteiger partial charge in [0.05, 0.1) is 13.9 Å². The van der Waals surface area contributed by atoms with Crippen molar-refractivity contribution in [2.24, 2.45) is 5.92 Å². The third kappa shape index (κ3) is 7.23. The zero-order valence-corrected chi connectivity index (χ0v) is 13.7. The molecular formula is C17H24N2O5. The minimum Gasteiger partial charge on any atom is -0.480 e. The summed E-state index contributed by atoms with van der Waals surface area (Å²) < 4.78 is 7.49. The lowest BCUT2D eigenvalue weighted by atomic mass is 10.0. The van der Waals surface area contributed by atoms with Crippen molar-refractivity contribution in [2.75, 3.05) is 6.52 Å². The average Bonchev–Trinajstić information content (AvgIpc) is 2.53. The standard InChI is InChI=1S/C17H24N2O5/c1-11(2)8-14(17(23)24)19-16(22)13(18-10-15(20)21)9-12-6-4-3-5-7-12/h3-7,11,13-14,18H,8-10H2,1-2H3,(H,19,22)(H,20,21)(H,23,24)/t13-,14-/m0/s1/i10D/t10?,13-,14-. The summed E-state index contributed by atoms with van der Waals surface area (Å²) in [6, 6.07) is 6.79. The Morgan fingerprint density at radius 3 is 2.25 bits per heavy atom. The largest absolute Gasteiger partial charge is 0.480 e. The molecule has 3 atom stereocenters. The minimum atomic E-state index is -1.69. The Morgan fingerprint density at radius 1 is 1.12 bits per heavy atom. The number of hydrogen-bond acceptors (Lipinski definition) is 4. The molecule has 0 aliphatic carbocycles. The molecule has 0 aromatic heterocycles. The molecule has 0 aliphatic rings. The van der Waals surface area contributed by atoms with Gasteiger partial charge in [0.1, 0.15) is 6.04 Å². The van der Waals surface area contributed by atoms with Crippen molar-refractivity contribution in [3.05, 3.63) is 35.9 Å². The minimum absolute atomic E-state index is 0.0601. The van der Waals surface area contributed by atoms with Crippen LogP contribution in [0.15, 0.2) is 30.3 Å². The van der Waals surface area contributed by atoms with E-state index in [1.807, 2.05) is 13.8 Å². The quantitative estimate of drug-likeness (QED) is 0.504. The van der Waals surface area contributed by atoms with Gasteiger partial charge < -0.3 is 15.5 Å². The maximum atomic E-state index is 12.5. The molecule has 1 unspecified atom stereocenters. The van der Waals surface area contributed by atoms with Crippen molar-refractivity contribution in [3.8, 4) is 0 Å². The van der Waals surface area contributed by atoms with E-state index in [1.54, 1.807) is 30.3 Å².